The minimum atomic E-state index is 0.0161. The summed E-state index contributed by atoms with van der Waals surface area (Å²) < 4.78 is 0. The number of benzene rings is 1. The highest BCUT2D eigenvalue weighted by molar-refractivity contribution is 7.09. The summed E-state index contributed by atoms with van der Waals surface area (Å²) in [5.74, 6) is 0. The number of rotatable bonds is 5. The molecule has 1 heterocycles. The summed E-state index contributed by atoms with van der Waals surface area (Å²) in [5.41, 5.74) is 7.93. The van der Waals surface area contributed by atoms with E-state index in [2.05, 4.69) is 25.3 Å². The summed E-state index contributed by atoms with van der Waals surface area (Å²) in [6.45, 7) is 5.09. The molecule has 2 nitrogen and oxygen atoms in total. The van der Waals surface area contributed by atoms with Gasteiger partial charge in [-0.3, -0.25) is 0 Å². The lowest BCUT2D eigenvalue weighted by Crippen LogP contribution is -2.20. The van der Waals surface area contributed by atoms with Crippen molar-refractivity contribution < 1.29 is 0 Å². The second kappa shape index (κ2) is 6.04. The van der Waals surface area contributed by atoms with Crippen molar-refractivity contribution in [3.8, 4) is 0 Å². The number of hydrogen-bond acceptors (Lipinski definition) is 3. The Morgan fingerprint density at radius 1 is 1.37 bits per heavy atom. The molecule has 0 radical (unpaired) electrons. The van der Waals surface area contributed by atoms with Gasteiger partial charge in [0.15, 0.2) is 0 Å². The Balaban J connectivity index is 2.16. The van der Waals surface area contributed by atoms with Crippen molar-refractivity contribution in [2.45, 2.75) is 32.1 Å². The van der Waals surface area contributed by atoms with Crippen molar-refractivity contribution in [2.24, 2.45) is 5.73 Å². The highest BCUT2D eigenvalue weighted by Crippen LogP contribution is 2.30. The Labute approximate surface area is 123 Å². The molecule has 1 aromatic heterocycles. The third-order valence-corrected chi connectivity index (χ3v) is 4.56. The van der Waals surface area contributed by atoms with Gasteiger partial charge in [-0.1, -0.05) is 37.6 Å². The van der Waals surface area contributed by atoms with Crippen LogP contribution in [0.1, 0.15) is 30.1 Å². The number of thiazole rings is 1. The molecular weight excluding hydrogens is 276 g/mol. The van der Waals surface area contributed by atoms with Crippen molar-refractivity contribution in [2.75, 3.05) is 6.54 Å². The predicted octanol–water partition coefficient (Wildman–Crippen LogP) is 3.82. The molecule has 2 N–H and O–H groups in total. The molecule has 19 heavy (non-hydrogen) atoms. The van der Waals surface area contributed by atoms with E-state index >= 15 is 0 Å². The largest absolute Gasteiger partial charge is 0.330 e. The van der Waals surface area contributed by atoms with Crippen LogP contribution in [0.15, 0.2) is 29.6 Å². The summed E-state index contributed by atoms with van der Waals surface area (Å²) in [6.07, 6.45) is 1.78. The van der Waals surface area contributed by atoms with Gasteiger partial charge in [-0.25, -0.2) is 4.98 Å². The quantitative estimate of drug-likeness (QED) is 0.910. The number of aromatic nitrogens is 1. The third kappa shape index (κ3) is 3.78. The monoisotopic (exact) mass is 294 g/mol. The zero-order valence-electron chi connectivity index (χ0n) is 11.3. The average Bonchev–Trinajstić information content (AvgIpc) is 2.78. The fraction of sp³-hybridized carbons (Fsp3) is 0.400. The van der Waals surface area contributed by atoms with Crippen LogP contribution in [0.3, 0.4) is 0 Å². The van der Waals surface area contributed by atoms with Crippen LogP contribution in [0, 0.1) is 0 Å². The number of halogens is 1. The van der Waals surface area contributed by atoms with Gasteiger partial charge in [0.2, 0.25) is 0 Å². The fourth-order valence-electron chi connectivity index (χ4n) is 2.11. The Morgan fingerprint density at radius 3 is 2.84 bits per heavy atom. The second-order valence-corrected chi connectivity index (χ2v) is 6.67. The van der Waals surface area contributed by atoms with Crippen LogP contribution >= 0.6 is 22.9 Å². The molecule has 2 aromatic rings. The van der Waals surface area contributed by atoms with E-state index in [1.54, 1.807) is 11.3 Å². The van der Waals surface area contributed by atoms with E-state index in [0.29, 0.717) is 6.54 Å². The summed E-state index contributed by atoms with van der Waals surface area (Å²) >= 11 is 7.76. The summed E-state index contributed by atoms with van der Waals surface area (Å²) in [4.78, 5) is 4.70. The number of hydrogen-bond donors (Lipinski definition) is 1. The van der Waals surface area contributed by atoms with Gasteiger partial charge in [-0.2, -0.15) is 0 Å². The molecule has 0 aliphatic rings. The smallest absolute Gasteiger partial charge is 0.0987 e. The topological polar surface area (TPSA) is 38.9 Å². The first-order chi connectivity index (χ1) is 9.01. The molecule has 0 unspecified atom stereocenters. The second-order valence-electron chi connectivity index (χ2n) is 5.37. The highest BCUT2D eigenvalue weighted by Gasteiger charge is 2.24. The van der Waals surface area contributed by atoms with Gasteiger partial charge >= 0.3 is 0 Å². The number of nitrogens with two attached hydrogens (primary N) is 1. The van der Waals surface area contributed by atoms with Crippen LogP contribution in [0.25, 0.3) is 0 Å². The van der Waals surface area contributed by atoms with Gasteiger partial charge < -0.3 is 5.73 Å². The zero-order chi connectivity index (χ0) is 13.9. The van der Waals surface area contributed by atoms with Crippen molar-refractivity contribution in [3.63, 3.8) is 0 Å². The van der Waals surface area contributed by atoms with Gasteiger partial charge in [0.25, 0.3) is 0 Å². The van der Waals surface area contributed by atoms with Crippen LogP contribution in [-0.4, -0.2) is 11.5 Å². The maximum Gasteiger partial charge on any atom is 0.0987 e. The van der Waals surface area contributed by atoms with E-state index in [4.69, 9.17) is 22.3 Å². The molecule has 0 bridgehead atoms. The summed E-state index contributed by atoms with van der Waals surface area (Å²) in [7, 11) is 0. The third-order valence-electron chi connectivity index (χ3n) is 3.07. The van der Waals surface area contributed by atoms with Gasteiger partial charge in [0.05, 0.1) is 10.7 Å². The van der Waals surface area contributed by atoms with Gasteiger partial charge in [0.1, 0.15) is 0 Å². The summed E-state index contributed by atoms with van der Waals surface area (Å²) in [6, 6.07) is 8.04. The minimum absolute atomic E-state index is 0.0161. The van der Waals surface area contributed by atoms with E-state index < -0.39 is 0 Å². The fourth-order valence-corrected chi connectivity index (χ4v) is 3.31. The summed E-state index contributed by atoms with van der Waals surface area (Å²) in [5, 5.41) is 4.06. The van der Waals surface area contributed by atoms with E-state index in [0.717, 1.165) is 28.6 Å². The Hall–Kier alpha value is -0.900. The molecule has 0 amide bonds. The molecular formula is C15H19ClN2S. The first kappa shape index (κ1) is 14.5. The zero-order valence-corrected chi connectivity index (χ0v) is 12.9. The van der Waals surface area contributed by atoms with Gasteiger partial charge in [-0.15, -0.1) is 11.3 Å². The molecule has 0 spiro atoms. The molecule has 0 atom stereocenters. The molecule has 102 valence electrons. The first-order valence-electron chi connectivity index (χ1n) is 6.40. The SMILES string of the molecule is CC(C)(Cc1cccc(Cl)c1)c1nc(CCN)cs1. The molecule has 1 aromatic carbocycles. The highest BCUT2D eigenvalue weighted by atomic mass is 35.5. The van der Waals surface area contributed by atoms with Crippen LogP contribution in [0.4, 0.5) is 0 Å². The Kier molecular flexibility index (Phi) is 4.61. The van der Waals surface area contributed by atoms with E-state index in [9.17, 15) is 0 Å². The molecule has 0 aliphatic heterocycles. The molecule has 0 fully saturated rings. The van der Waals surface area contributed by atoms with Crippen LogP contribution in [0.2, 0.25) is 5.02 Å². The van der Waals surface area contributed by atoms with E-state index in [1.807, 2.05) is 18.2 Å². The van der Waals surface area contributed by atoms with Crippen molar-refractivity contribution >= 4 is 22.9 Å². The Morgan fingerprint density at radius 2 is 2.16 bits per heavy atom. The van der Waals surface area contributed by atoms with Crippen LogP contribution < -0.4 is 5.73 Å². The lowest BCUT2D eigenvalue weighted by atomic mass is 9.86. The normalized spacial score (nSPS) is 11.8. The minimum Gasteiger partial charge on any atom is -0.330 e. The molecule has 0 saturated heterocycles. The van der Waals surface area contributed by atoms with Crippen LogP contribution in [-0.2, 0) is 18.3 Å². The van der Waals surface area contributed by atoms with Crippen molar-refractivity contribution in [1.29, 1.82) is 0 Å². The average molecular weight is 295 g/mol. The lowest BCUT2D eigenvalue weighted by Gasteiger charge is -2.22. The van der Waals surface area contributed by atoms with Gasteiger partial charge in [-0.05, 0) is 30.7 Å². The van der Waals surface area contributed by atoms with E-state index in [1.165, 1.54) is 5.56 Å². The predicted molar refractivity (Wildman–Crippen MR) is 83.1 cm³/mol. The number of nitrogens with zero attached hydrogens (tertiary/aromatic N) is 1. The molecule has 2 rings (SSSR count). The van der Waals surface area contributed by atoms with E-state index in [-0.39, 0.29) is 5.41 Å². The molecule has 4 heteroatoms. The van der Waals surface area contributed by atoms with Crippen LogP contribution in [0.5, 0.6) is 0 Å². The van der Waals surface area contributed by atoms with Crippen molar-refractivity contribution in [1.82, 2.24) is 4.98 Å². The lowest BCUT2D eigenvalue weighted by molar-refractivity contribution is 0.517. The first-order valence-corrected chi connectivity index (χ1v) is 7.66. The maximum atomic E-state index is 6.04. The molecule has 0 aliphatic carbocycles. The van der Waals surface area contributed by atoms with Crippen molar-refractivity contribution in [3.05, 3.63) is 50.9 Å². The standard InChI is InChI=1S/C15H19ClN2S/c1-15(2,9-11-4-3-5-12(16)8-11)14-18-13(6-7-17)10-19-14/h3-5,8,10H,6-7,9,17H2,1-2H3. The van der Waals surface area contributed by atoms with Gasteiger partial charge in [0, 0.05) is 22.2 Å². The maximum absolute atomic E-state index is 6.04. The Bertz CT molecular complexity index is 549. The molecule has 0 saturated carbocycles.